The van der Waals surface area contributed by atoms with Crippen LogP contribution in [0, 0.1) is 11.3 Å². The van der Waals surface area contributed by atoms with Crippen LogP contribution in [0.5, 0.6) is 11.5 Å². The Morgan fingerprint density at radius 3 is 2.75 bits per heavy atom. The van der Waals surface area contributed by atoms with Gasteiger partial charge in [-0.1, -0.05) is 18.9 Å². The summed E-state index contributed by atoms with van der Waals surface area (Å²) in [6.07, 6.45) is 5.23. The number of guanidine groups is 1. The van der Waals surface area contributed by atoms with Crippen molar-refractivity contribution < 1.29 is 14.3 Å². The van der Waals surface area contributed by atoms with Crippen molar-refractivity contribution in [1.82, 2.24) is 15.5 Å². The Hall–Kier alpha value is -2.28. The summed E-state index contributed by atoms with van der Waals surface area (Å²) < 4.78 is 10.8. The van der Waals surface area contributed by atoms with Gasteiger partial charge >= 0.3 is 0 Å². The highest BCUT2D eigenvalue weighted by Gasteiger charge is 2.45. The molecule has 3 atom stereocenters. The van der Waals surface area contributed by atoms with Crippen molar-refractivity contribution in [3.63, 3.8) is 0 Å². The summed E-state index contributed by atoms with van der Waals surface area (Å²) in [5.41, 5.74) is 0.456. The van der Waals surface area contributed by atoms with Crippen LogP contribution in [-0.4, -0.2) is 49.6 Å². The largest absolute Gasteiger partial charge is 0.497 e. The van der Waals surface area contributed by atoms with E-state index in [1.54, 1.807) is 21.3 Å². The molecule has 1 amide bonds. The number of ether oxygens (including phenoxy) is 2. The van der Waals surface area contributed by atoms with E-state index in [0.717, 1.165) is 55.7 Å². The first-order valence-corrected chi connectivity index (χ1v) is 9.95. The molecule has 0 spiro atoms. The van der Waals surface area contributed by atoms with Gasteiger partial charge < -0.3 is 20.1 Å². The Labute approximate surface area is 167 Å². The summed E-state index contributed by atoms with van der Waals surface area (Å²) in [6.45, 7) is 2.67. The average Bonchev–Trinajstić information content (AvgIpc) is 2.89. The lowest BCUT2D eigenvalue weighted by atomic mass is 9.78. The molecule has 1 heterocycles. The normalized spacial score (nSPS) is 27.6. The fourth-order valence-electron chi connectivity index (χ4n) is 4.50. The minimum Gasteiger partial charge on any atom is -0.497 e. The maximum absolute atomic E-state index is 12.5. The van der Waals surface area contributed by atoms with Crippen molar-refractivity contribution in [2.45, 2.75) is 57.2 Å². The topological polar surface area (TPSA) is 86.7 Å². The third-order valence-corrected chi connectivity index (χ3v) is 6.06. The number of hydrogen-bond donors (Lipinski definition) is 3. The molecular weight excluding hydrogens is 356 g/mol. The second kappa shape index (κ2) is 8.39. The van der Waals surface area contributed by atoms with Gasteiger partial charge in [-0.2, -0.15) is 0 Å². The van der Waals surface area contributed by atoms with Crippen molar-refractivity contribution in [2.24, 2.45) is 5.92 Å². The number of benzene rings is 1. The molecule has 3 rings (SSSR count). The first kappa shape index (κ1) is 20.5. The zero-order valence-electron chi connectivity index (χ0n) is 17.3. The average molecular weight is 389 g/mol. The quantitative estimate of drug-likeness (QED) is 0.668. The second-order valence-electron chi connectivity index (χ2n) is 8.16. The van der Waals surface area contributed by atoms with Crippen molar-refractivity contribution >= 4 is 11.9 Å². The number of hydrogen-bond acceptors (Lipinski definition) is 5. The number of likely N-dealkylation sites (N-methyl/N-ethyl adjacent to an activating group) is 1. The third-order valence-electron chi connectivity index (χ3n) is 6.06. The smallest absolute Gasteiger partial charge is 0.254 e. The fraction of sp³-hybridized carbons (Fsp3) is 0.619. The molecule has 1 aliphatic heterocycles. The first-order valence-electron chi connectivity index (χ1n) is 9.95. The van der Waals surface area contributed by atoms with Gasteiger partial charge in [-0.05, 0) is 38.2 Å². The molecule has 154 valence electrons. The van der Waals surface area contributed by atoms with E-state index in [1.165, 1.54) is 4.90 Å². The first-order chi connectivity index (χ1) is 13.4. The van der Waals surface area contributed by atoms with Crippen molar-refractivity contribution in [2.75, 3.05) is 21.3 Å². The molecule has 7 nitrogen and oxygen atoms in total. The highest BCUT2D eigenvalue weighted by molar-refractivity contribution is 6.07. The minimum atomic E-state index is -0.655. The predicted octanol–water partition coefficient (Wildman–Crippen LogP) is 2.50. The number of rotatable bonds is 7. The highest BCUT2D eigenvalue weighted by atomic mass is 16.5. The van der Waals surface area contributed by atoms with Crippen LogP contribution in [0.25, 0.3) is 0 Å². The van der Waals surface area contributed by atoms with Crippen LogP contribution in [0.2, 0.25) is 0 Å². The minimum absolute atomic E-state index is 0.00412. The summed E-state index contributed by atoms with van der Waals surface area (Å²) in [5, 5.41) is 14.6. The lowest BCUT2D eigenvalue weighted by Gasteiger charge is -2.34. The van der Waals surface area contributed by atoms with E-state index in [2.05, 4.69) is 10.6 Å². The fourth-order valence-corrected chi connectivity index (χ4v) is 4.50. The Bertz CT molecular complexity index is 738. The number of carbonyl (C=O) groups excluding carboxylic acids is 1. The molecular formula is C21H32N4O3. The molecule has 1 aromatic rings. The van der Waals surface area contributed by atoms with Gasteiger partial charge in [0.2, 0.25) is 0 Å². The maximum Gasteiger partial charge on any atom is 0.254 e. The molecule has 1 saturated carbocycles. The van der Waals surface area contributed by atoms with Crippen LogP contribution in [-0.2, 0) is 11.3 Å². The third kappa shape index (κ3) is 4.24. The van der Waals surface area contributed by atoms with Crippen LogP contribution in [0.15, 0.2) is 18.2 Å². The van der Waals surface area contributed by atoms with Crippen LogP contribution in [0.1, 0.15) is 44.6 Å². The van der Waals surface area contributed by atoms with Gasteiger partial charge in [-0.15, -0.1) is 0 Å². The second-order valence-corrected chi connectivity index (χ2v) is 8.16. The van der Waals surface area contributed by atoms with E-state index in [9.17, 15) is 4.79 Å². The Kier molecular flexibility index (Phi) is 6.13. The number of nitrogens with zero attached hydrogens (tertiary/aromatic N) is 1. The Morgan fingerprint density at radius 1 is 1.32 bits per heavy atom. The molecule has 2 fully saturated rings. The van der Waals surface area contributed by atoms with E-state index < -0.39 is 5.54 Å². The molecule has 0 radical (unpaired) electrons. The SMILES string of the molecule is COc1ccc(CN[C@@H]2CCC[C@H](C[C@@]3(C)NC(=N)N(C)C3=O)C2)c(OC)c1. The summed E-state index contributed by atoms with van der Waals surface area (Å²) >= 11 is 0. The van der Waals surface area contributed by atoms with Crippen LogP contribution in [0.3, 0.4) is 0 Å². The highest BCUT2D eigenvalue weighted by Crippen LogP contribution is 2.34. The molecule has 0 aromatic heterocycles. The molecule has 0 unspecified atom stereocenters. The number of methoxy groups -OCH3 is 2. The van der Waals surface area contributed by atoms with E-state index in [1.807, 2.05) is 25.1 Å². The predicted molar refractivity (Wildman–Crippen MR) is 109 cm³/mol. The van der Waals surface area contributed by atoms with E-state index >= 15 is 0 Å². The summed E-state index contributed by atoms with van der Waals surface area (Å²) in [6, 6.07) is 6.31. The zero-order chi connectivity index (χ0) is 20.3. The van der Waals surface area contributed by atoms with E-state index in [-0.39, 0.29) is 11.9 Å². The Morgan fingerprint density at radius 2 is 2.11 bits per heavy atom. The lowest BCUT2D eigenvalue weighted by molar-refractivity contribution is -0.130. The molecule has 28 heavy (non-hydrogen) atoms. The molecule has 1 aliphatic carbocycles. The van der Waals surface area contributed by atoms with Gasteiger partial charge in [0, 0.05) is 31.3 Å². The van der Waals surface area contributed by atoms with Gasteiger partial charge in [0.1, 0.15) is 17.0 Å². The Balaban J connectivity index is 1.57. The van der Waals surface area contributed by atoms with Gasteiger partial charge in [0.15, 0.2) is 5.96 Å². The molecule has 0 bridgehead atoms. The van der Waals surface area contributed by atoms with E-state index in [4.69, 9.17) is 14.9 Å². The van der Waals surface area contributed by atoms with Gasteiger partial charge in [-0.25, -0.2) is 0 Å². The van der Waals surface area contributed by atoms with Gasteiger partial charge in [0.05, 0.1) is 14.2 Å². The molecule has 2 aliphatic rings. The van der Waals surface area contributed by atoms with Crippen molar-refractivity contribution in [3.05, 3.63) is 23.8 Å². The summed E-state index contributed by atoms with van der Waals surface area (Å²) in [7, 11) is 4.99. The zero-order valence-corrected chi connectivity index (χ0v) is 17.3. The summed E-state index contributed by atoms with van der Waals surface area (Å²) in [4.78, 5) is 13.9. The molecule has 1 aromatic carbocycles. The van der Waals surface area contributed by atoms with Gasteiger partial charge in [-0.3, -0.25) is 15.1 Å². The standard InChI is InChI=1S/C21H32N4O3/c1-21(19(26)25(2)20(22)24-21)12-14-6-5-7-16(10-14)23-13-15-8-9-17(27-3)11-18(15)28-4/h8-9,11,14,16,23H,5-7,10,12-13H2,1-4H3,(H2,22,24)/t14-,16+,21+/m0/s1. The van der Waals surface area contributed by atoms with E-state index in [0.29, 0.717) is 12.0 Å². The van der Waals surface area contributed by atoms with Crippen LogP contribution >= 0.6 is 0 Å². The van der Waals surface area contributed by atoms with Crippen molar-refractivity contribution in [1.29, 1.82) is 5.41 Å². The lowest BCUT2D eigenvalue weighted by Crippen LogP contribution is -2.46. The maximum atomic E-state index is 12.5. The molecule has 7 heteroatoms. The van der Waals surface area contributed by atoms with Gasteiger partial charge in [0.25, 0.3) is 5.91 Å². The number of carbonyl (C=O) groups is 1. The van der Waals surface area contributed by atoms with Crippen LogP contribution < -0.4 is 20.1 Å². The number of amides is 1. The molecule has 3 N–H and O–H groups in total. The van der Waals surface area contributed by atoms with Crippen molar-refractivity contribution in [3.8, 4) is 11.5 Å². The summed E-state index contributed by atoms with van der Waals surface area (Å²) in [5.74, 6) is 2.27. The van der Waals surface area contributed by atoms with Crippen LogP contribution in [0.4, 0.5) is 0 Å². The monoisotopic (exact) mass is 388 g/mol. The molecule has 1 saturated heterocycles. The number of nitrogens with one attached hydrogen (secondary N) is 3.